The molecule has 2 rings (SSSR count). The van der Waals surface area contributed by atoms with Crippen LogP contribution in [0, 0.1) is 17.3 Å². The van der Waals surface area contributed by atoms with Crippen LogP contribution < -0.4 is 5.32 Å². The van der Waals surface area contributed by atoms with Gasteiger partial charge in [-0.15, -0.1) is 0 Å². The molecule has 0 aromatic rings. The van der Waals surface area contributed by atoms with Crippen LogP contribution in [0.2, 0.25) is 0 Å². The van der Waals surface area contributed by atoms with Crippen molar-refractivity contribution in [3.05, 3.63) is 0 Å². The van der Waals surface area contributed by atoms with E-state index < -0.39 is 0 Å². The van der Waals surface area contributed by atoms with Gasteiger partial charge in [-0.2, -0.15) is 0 Å². The molecule has 1 aliphatic heterocycles. The molecule has 1 heterocycles. The standard InChI is InChI=1S/C15H29NO2/c1-11(2)10-17-9-7-16-13-12-6-5-8-18-14(12)15(13,3)4/h11-14,16H,5-10H2,1-4H3. The maximum Gasteiger partial charge on any atom is 0.0684 e. The van der Waals surface area contributed by atoms with Crippen molar-refractivity contribution in [2.75, 3.05) is 26.4 Å². The van der Waals surface area contributed by atoms with Crippen molar-refractivity contribution in [1.82, 2.24) is 5.32 Å². The fraction of sp³-hybridized carbons (Fsp3) is 1.00. The molecule has 0 aromatic heterocycles. The first-order chi connectivity index (χ1) is 8.53. The summed E-state index contributed by atoms with van der Waals surface area (Å²) in [5, 5.41) is 3.68. The molecule has 3 heteroatoms. The summed E-state index contributed by atoms with van der Waals surface area (Å²) >= 11 is 0. The summed E-state index contributed by atoms with van der Waals surface area (Å²) in [5.41, 5.74) is 0.281. The van der Waals surface area contributed by atoms with Crippen LogP contribution >= 0.6 is 0 Å². The summed E-state index contributed by atoms with van der Waals surface area (Å²) in [7, 11) is 0. The van der Waals surface area contributed by atoms with Gasteiger partial charge in [-0.25, -0.2) is 0 Å². The van der Waals surface area contributed by atoms with Crippen molar-refractivity contribution in [2.45, 2.75) is 52.7 Å². The van der Waals surface area contributed by atoms with E-state index in [2.05, 4.69) is 33.0 Å². The summed E-state index contributed by atoms with van der Waals surface area (Å²) in [6.07, 6.45) is 3.01. The average Bonchev–Trinajstić information content (AvgIpc) is 2.33. The van der Waals surface area contributed by atoms with Gasteiger partial charge in [0.2, 0.25) is 0 Å². The van der Waals surface area contributed by atoms with E-state index >= 15 is 0 Å². The lowest BCUT2D eigenvalue weighted by atomic mass is 9.55. The highest BCUT2D eigenvalue weighted by Crippen LogP contribution is 2.51. The summed E-state index contributed by atoms with van der Waals surface area (Å²) in [4.78, 5) is 0. The third-order valence-electron chi connectivity index (χ3n) is 4.39. The molecular formula is C15H29NO2. The van der Waals surface area contributed by atoms with Gasteiger partial charge >= 0.3 is 0 Å². The molecule has 3 unspecified atom stereocenters. The van der Waals surface area contributed by atoms with E-state index in [9.17, 15) is 0 Å². The third-order valence-corrected chi connectivity index (χ3v) is 4.39. The molecular weight excluding hydrogens is 226 g/mol. The Kier molecular flexibility index (Phi) is 4.68. The van der Waals surface area contributed by atoms with Crippen LogP contribution in [0.4, 0.5) is 0 Å². The van der Waals surface area contributed by atoms with E-state index in [1.54, 1.807) is 0 Å². The molecule has 2 fully saturated rings. The van der Waals surface area contributed by atoms with E-state index in [-0.39, 0.29) is 5.41 Å². The van der Waals surface area contributed by atoms with Gasteiger partial charge in [0, 0.05) is 37.1 Å². The number of nitrogens with one attached hydrogen (secondary N) is 1. The fourth-order valence-corrected chi connectivity index (χ4v) is 3.54. The lowest BCUT2D eigenvalue weighted by Gasteiger charge is -2.60. The Labute approximate surface area is 112 Å². The highest BCUT2D eigenvalue weighted by molar-refractivity contribution is 5.10. The number of hydrogen-bond acceptors (Lipinski definition) is 3. The molecule has 0 radical (unpaired) electrons. The summed E-state index contributed by atoms with van der Waals surface area (Å²) < 4.78 is 11.5. The number of hydrogen-bond donors (Lipinski definition) is 1. The van der Waals surface area contributed by atoms with Crippen molar-refractivity contribution in [3.8, 4) is 0 Å². The van der Waals surface area contributed by atoms with Crippen LogP contribution in [-0.2, 0) is 9.47 Å². The zero-order chi connectivity index (χ0) is 13.2. The van der Waals surface area contributed by atoms with E-state index in [1.165, 1.54) is 12.8 Å². The molecule has 2 aliphatic rings. The lowest BCUT2D eigenvalue weighted by Crippen LogP contribution is -2.69. The molecule has 1 aliphatic carbocycles. The van der Waals surface area contributed by atoms with Crippen LogP contribution in [-0.4, -0.2) is 38.5 Å². The Balaban J connectivity index is 1.69. The van der Waals surface area contributed by atoms with E-state index in [1.807, 2.05) is 0 Å². The largest absolute Gasteiger partial charge is 0.380 e. The van der Waals surface area contributed by atoms with Crippen LogP contribution in [0.1, 0.15) is 40.5 Å². The van der Waals surface area contributed by atoms with Crippen molar-refractivity contribution >= 4 is 0 Å². The van der Waals surface area contributed by atoms with Crippen LogP contribution in [0.25, 0.3) is 0 Å². The second kappa shape index (κ2) is 5.89. The van der Waals surface area contributed by atoms with Crippen molar-refractivity contribution in [1.29, 1.82) is 0 Å². The van der Waals surface area contributed by atoms with E-state index in [0.29, 0.717) is 18.1 Å². The van der Waals surface area contributed by atoms with Crippen LogP contribution in [0.3, 0.4) is 0 Å². The second-order valence-corrected chi connectivity index (χ2v) is 6.82. The summed E-state index contributed by atoms with van der Waals surface area (Å²) in [6.45, 7) is 12.6. The maximum atomic E-state index is 5.91. The van der Waals surface area contributed by atoms with Gasteiger partial charge in [-0.05, 0) is 18.8 Å². The molecule has 3 nitrogen and oxygen atoms in total. The normalized spacial score (nSPS) is 34.2. The molecule has 0 bridgehead atoms. The van der Waals surface area contributed by atoms with Gasteiger partial charge in [0.15, 0.2) is 0 Å². The van der Waals surface area contributed by atoms with Crippen LogP contribution in [0.15, 0.2) is 0 Å². The predicted octanol–water partition coefficient (Wildman–Crippen LogP) is 2.45. The Morgan fingerprint density at radius 2 is 2.17 bits per heavy atom. The highest BCUT2D eigenvalue weighted by Gasteiger charge is 2.57. The van der Waals surface area contributed by atoms with E-state index in [0.717, 1.165) is 32.3 Å². The van der Waals surface area contributed by atoms with Gasteiger partial charge in [0.1, 0.15) is 0 Å². The minimum absolute atomic E-state index is 0.281. The van der Waals surface area contributed by atoms with Crippen molar-refractivity contribution in [3.63, 3.8) is 0 Å². The number of rotatable bonds is 6. The zero-order valence-corrected chi connectivity index (χ0v) is 12.4. The Morgan fingerprint density at radius 1 is 1.39 bits per heavy atom. The monoisotopic (exact) mass is 255 g/mol. The SMILES string of the molecule is CC(C)COCCNC1C2CCCOC2C1(C)C. The predicted molar refractivity (Wildman–Crippen MR) is 73.7 cm³/mol. The molecule has 1 saturated heterocycles. The first kappa shape index (κ1) is 14.3. The van der Waals surface area contributed by atoms with Crippen molar-refractivity contribution < 1.29 is 9.47 Å². The second-order valence-electron chi connectivity index (χ2n) is 6.82. The molecule has 18 heavy (non-hydrogen) atoms. The average molecular weight is 255 g/mol. The lowest BCUT2D eigenvalue weighted by molar-refractivity contribution is -0.192. The highest BCUT2D eigenvalue weighted by atomic mass is 16.5. The minimum atomic E-state index is 0.281. The topological polar surface area (TPSA) is 30.5 Å². The Bertz CT molecular complexity index is 265. The van der Waals surface area contributed by atoms with Gasteiger partial charge in [-0.1, -0.05) is 27.7 Å². The Morgan fingerprint density at radius 3 is 2.89 bits per heavy atom. The fourth-order valence-electron chi connectivity index (χ4n) is 3.54. The first-order valence-corrected chi connectivity index (χ1v) is 7.46. The molecule has 1 saturated carbocycles. The van der Waals surface area contributed by atoms with Gasteiger partial charge in [0.05, 0.1) is 12.7 Å². The van der Waals surface area contributed by atoms with Gasteiger partial charge in [-0.3, -0.25) is 0 Å². The first-order valence-electron chi connectivity index (χ1n) is 7.46. The summed E-state index contributed by atoms with van der Waals surface area (Å²) in [6, 6.07) is 0.602. The number of fused-ring (bicyclic) bond motifs is 1. The van der Waals surface area contributed by atoms with Crippen molar-refractivity contribution in [2.24, 2.45) is 17.3 Å². The molecule has 0 amide bonds. The Hall–Kier alpha value is -0.120. The smallest absolute Gasteiger partial charge is 0.0684 e. The number of ether oxygens (including phenoxy) is 2. The third kappa shape index (κ3) is 2.89. The molecule has 3 atom stereocenters. The van der Waals surface area contributed by atoms with Gasteiger partial charge in [0.25, 0.3) is 0 Å². The van der Waals surface area contributed by atoms with E-state index in [4.69, 9.17) is 9.47 Å². The molecule has 0 spiro atoms. The minimum Gasteiger partial charge on any atom is -0.380 e. The van der Waals surface area contributed by atoms with Crippen LogP contribution in [0.5, 0.6) is 0 Å². The zero-order valence-electron chi connectivity index (χ0n) is 12.4. The van der Waals surface area contributed by atoms with Gasteiger partial charge < -0.3 is 14.8 Å². The molecule has 1 N–H and O–H groups in total. The maximum absolute atomic E-state index is 5.91. The quantitative estimate of drug-likeness (QED) is 0.740. The molecule has 106 valence electrons. The summed E-state index contributed by atoms with van der Waals surface area (Å²) in [5.74, 6) is 1.35. The molecule has 0 aromatic carbocycles.